The molecule has 1 heterocycles. The third kappa shape index (κ3) is 2.66. The second-order valence-electron chi connectivity index (χ2n) is 5.71. The van der Waals surface area contributed by atoms with Crippen molar-refractivity contribution in [1.82, 2.24) is 14.9 Å². The van der Waals surface area contributed by atoms with Gasteiger partial charge in [0.2, 0.25) is 5.91 Å². The summed E-state index contributed by atoms with van der Waals surface area (Å²) >= 11 is 0. The molecular formula is C14H24N4O. The molecule has 1 aliphatic rings. The zero-order valence-electron chi connectivity index (χ0n) is 12.0. The Kier molecular flexibility index (Phi) is 3.94. The molecule has 19 heavy (non-hydrogen) atoms. The number of hydrogen-bond donors (Lipinski definition) is 2. The van der Waals surface area contributed by atoms with Crippen LogP contribution in [0.25, 0.3) is 0 Å². The number of nitrogens with two attached hydrogens (primary N) is 1. The summed E-state index contributed by atoms with van der Waals surface area (Å²) in [5.74, 6) is 1.44. The number of rotatable bonds is 7. The standard InChI is InChI=1S/C14H24N4O/c1-4-17-14(13(15)19,11-5-6-11)9-18-8-7-16-12(18)10(2)3/h7-8,10-11,17H,4-6,9H2,1-3H3,(H2,15,19). The number of nitrogens with zero attached hydrogens (tertiary/aromatic N) is 2. The number of aromatic nitrogens is 2. The molecule has 1 aromatic rings. The second kappa shape index (κ2) is 5.33. The quantitative estimate of drug-likeness (QED) is 0.778. The molecule has 3 N–H and O–H groups in total. The minimum atomic E-state index is -0.626. The van der Waals surface area contributed by atoms with Gasteiger partial charge in [-0.15, -0.1) is 0 Å². The molecule has 5 heteroatoms. The van der Waals surface area contributed by atoms with Crippen LogP contribution < -0.4 is 11.1 Å². The molecule has 1 saturated carbocycles. The third-order valence-electron chi connectivity index (χ3n) is 3.89. The van der Waals surface area contributed by atoms with E-state index in [4.69, 9.17) is 5.73 Å². The maximum atomic E-state index is 12.0. The van der Waals surface area contributed by atoms with Crippen LogP contribution in [0.4, 0.5) is 0 Å². The summed E-state index contributed by atoms with van der Waals surface area (Å²) in [5, 5.41) is 3.34. The van der Waals surface area contributed by atoms with Crippen molar-refractivity contribution in [2.45, 2.75) is 51.6 Å². The summed E-state index contributed by atoms with van der Waals surface area (Å²) in [6.45, 7) is 7.54. The van der Waals surface area contributed by atoms with E-state index in [1.54, 1.807) is 6.20 Å². The van der Waals surface area contributed by atoms with E-state index in [0.29, 0.717) is 18.4 Å². The smallest absolute Gasteiger partial charge is 0.239 e. The van der Waals surface area contributed by atoms with Gasteiger partial charge in [0, 0.05) is 18.3 Å². The average Bonchev–Trinajstić information content (AvgIpc) is 3.09. The van der Waals surface area contributed by atoms with Gasteiger partial charge in [-0.2, -0.15) is 0 Å². The first-order valence-corrected chi connectivity index (χ1v) is 7.07. The van der Waals surface area contributed by atoms with Gasteiger partial charge < -0.3 is 15.6 Å². The zero-order valence-corrected chi connectivity index (χ0v) is 12.0. The molecule has 0 aliphatic heterocycles. The predicted molar refractivity (Wildman–Crippen MR) is 74.6 cm³/mol. The van der Waals surface area contributed by atoms with Gasteiger partial charge in [-0.1, -0.05) is 20.8 Å². The Morgan fingerprint density at radius 2 is 2.32 bits per heavy atom. The molecule has 1 amide bonds. The first kappa shape index (κ1) is 14.1. The van der Waals surface area contributed by atoms with Gasteiger partial charge in [0.15, 0.2) is 0 Å². The van der Waals surface area contributed by atoms with Crippen LogP contribution in [0.3, 0.4) is 0 Å². The molecule has 1 aromatic heterocycles. The molecule has 5 nitrogen and oxygen atoms in total. The summed E-state index contributed by atoms with van der Waals surface area (Å²) in [5.41, 5.74) is 5.08. The van der Waals surface area contributed by atoms with Crippen molar-refractivity contribution in [2.24, 2.45) is 11.7 Å². The first-order valence-electron chi connectivity index (χ1n) is 7.07. The van der Waals surface area contributed by atoms with Crippen LogP contribution in [0.1, 0.15) is 45.4 Å². The number of amides is 1. The Morgan fingerprint density at radius 3 is 2.79 bits per heavy atom. The zero-order chi connectivity index (χ0) is 14.0. The highest BCUT2D eigenvalue weighted by atomic mass is 16.1. The van der Waals surface area contributed by atoms with E-state index in [9.17, 15) is 4.79 Å². The van der Waals surface area contributed by atoms with Crippen LogP contribution >= 0.6 is 0 Å². The van der Waals surface area contributed by atoms with Gasteiger partial charge in [-0.25, -0.2) is 4.98 Å². The highest BCUT2D eigenvalue weighted by molar-refractivity contribution is 5.85. The Labute approximate surface area is 114 Å². The maximum Gasteiger partial charge on any atom is 0.239 e. The molecule has 1 aliphatic carbocycles. The average molecular weight is 264 g/mol. The summed E-state index contributed by atoms with van der Waals surface area (Å²) in [4.78, 5) is 16.4. The van der Waals surface area contributed by atoms with Crippen LogP contribution in [-0.2, 0) is 11.3 Å². The fourth-order valence-corrected chi connectivity index (χ4v) is 2.81. The molecule has 1 atom stereocenters. The summed E-state index contributed by atoms with van der Waals surface area (Å²) < 4.78 is 2.07. The second-order valence-corrected chi connectivity index (χ2v) is 5.71. The van der Waals surface area contributed by atoms with Gasteiger partial charge >= 0.3 is 0 Å². The SMILES string of the molecule is CCNC(Cn1ccnc1C(C)C)(C(N)=O)C1CC1. The van der Waals surface area contributed by atoms with Gasteiger partial charge in [0.25, 0.3) is 0 Å². The normalized spacial score (nSPS) is 18.5. The molecule has 0 spiro atoms. The highest BCUT2D eigenvalue weighted by Gasteiger charge is 2.49. The number of nitrogens with one attached hydrogen (secondary N) is 1. The van der Waals surface area contributed by atoms with E-state index in [2.05, 4.69) is 28.7 Å². The number of hydrogen-bond acceptors (Lipinski definition) is 3. The lowest BCUT2D eigenvalue weighted by Crippen LogP contribution is -2.60. The largest absolute Gasteiger partial charge is 0.368 e. The van der Waals surface area contributed by atoms with Crippen LogP contribution in [0.2, 0.25) is 0 Å². The van der Waals surface area contributed by atoms with Crippen molar-refractivity contribution in [3.05, 3.63) is 18.2 Å². The number of carbonyl (C=O) groups is 1. The number of likely N-dealkylation sites (N-methyl/N-ethyl adjacent to an activating group) is 1. The predicted octanol–water partition coefficient (Wildman–Crippen LogP) is 1.25. The van der Waals surface area contributed by atoms with E-state index in [-0.39, 0.29) is 5.91 Å². The Hall–Kier alpha value is -1.36. The summed E-state index contributed by atoms with van der Waals surface area (Å²) in [6.07, 6.45) is 5.87. The monoisotopic (exact) mass is 264 g/mol. The molecule has 106 valence electrons. The Bertz CT molecular complexity index is 450. The van der Waals surface area contributed by atoms with Crippen LogP contribution in [0, 0.1) is 5.92 Å². The van der Waals surface area contributed by atoms with Crippen molar-refractivity contribution in [3.63, 3.8) is 0 Å². The number of carbonyl (C=O) groups excluding carboxylic acids is 1. The lowest BCUT2D eigenvalue weighted by molar-refractivity contribution is -0.126. The molecule has 0 bridgehead atoms. The molecule has 2 rings (SSSR count). The highest BCUT2D eigenvalue weighted by Crippen LogP contribution is 2.41. The van der Waals surface area contributed by atoms with Gasteiger partial charge in [0.05, 0.1) is 6.54 Å². The van der Waals surface area contributed by atoms with Gasteiger partial charge in [-0.3, -0.25) is 4.79 Å². The van der Waals surface area contributed by atoms with Crippen molar-refractivity contribution in [1.29, 1.82) is 0 Å². The van der Waals surface area contributed by atoms with E-state index >= 15 is 0 Å². The van der Waals surface area contributed by atoms with Crippen LogP contribution in [-0.4, -0.2) is 27.5 Å². The topological polar surface area (TPSA) is 72.9 Å². The number of primary amides is 1. The van der Waals surface area contributed by atoms with E-state index in [1.165, 1.54) is 0 Å². The van der Waals surface area contributed by atoms with E-state index < -0.39 is 5.54 Å². The third-order valence-corrected chi connectivity index (χ3v) is 3.89. The molecular weight excluding hydrogens is 240 g/mol. The van der Waals surface area contributed by atoms with Gasteiger partial charge in [0.1, 0.15) is 11.4 Å². The fourth-order valence-electron chi connectivity index (χ4n) is 2.81. The number of imidazole rings is 1. The lowest BCUT2D eigenvalue weighted by Gasteiger charge is -2.33. The maximum absolute atomic E-state index is 12.0. The summed E-state index contributed by atoms with van der Waals surface area (Å²) in [6, 6.07) is 0. The van der Waals surface area contributed by atoms with Crippen molar-refractivity contribution in [3.8, 4) is 0 Å². The summed E-state index contributed by atoms with van der Waals surface area (Å²) in [7, 11) is 0. The molecule has 0 aromatic carbocycles. The molecule has 0 saturated heterocycles. The van der Waals surface area contributed by atoms with Crippen molar-refractivity contribution in [2.75, 3.05) is 6.54 Å². The van der Waals surface area contributed by atoms with Gasteiger partial charge in [-0.05, 0) is 25.3 Å². The molecule has 0 radical (unpaired) electrons. The van der Waals surface area contributed by atoms with E-state index in [1.807, 2.05) is 13.1 Å². The van der Waals surface area contributed by atoms with Crippen LogP contribution in [0.5, 0.6) is 0 Å². The lowest BCUT2D eigenvalue weighted by atomic mass is 9.91. The van der Waals surface area contributed by atoms with E-state index in [0.717, 1.165) is 25.2 Å². The molecule has 1 fully saturated rings. The van der Waals surface area contributed by atoms with Crippen molar-refractivity contribution < 1.29 is 4.79 Å². The van der Waals surface area contributed by atoms with Crippen molar-refractivity contribution >= 4 is 5.91 Å². The minimum Gasteiger partial charge on any atom is -0.368 e. The Balaban J connectivity index is 2.29. The Morgan fingerprint density at radius 1 is 1.63 bits per heavy atom. The fraction of sp³-hybridized carbons (Fsp3) is 0.714. The van der Waals surface area contributed by atoms with Crippen LogP contribution in [0.15, 0.2) is 12.4 Å². The first-order chi connectivity index (χ1) is 9.01. The molecule has 1 unspecified atom stereocenters. The minimum absolute atomic E-state index is 0.250.